The van der Waals surface area contributed by atoms with Gasteiger partial charge in [-0.05, 0) is 18.1 Å². The molecule has 1 aliphatic heterocycles. The van der Waals surface area contributed by atoms with Crippen LogP contribution in [0.3, 0.4) is 0 Å². The van der Waals surface area contributed by atoms with Crippen LogP contribution >= 0.6 is 0 Å². The molecule has 3 rings (SSSR count). The summed E-state index contributed by atoms with van der Waals surface area (Å²) in [4.78, 5) is 40.4. The monoisotopic (exact) mass is 358 g/mol. The Bertz CT molecular complexity index is 695. The van der Waals surface area contributed by atoms with Gasteiger partial charge in [0.05, 0.1) is 13.0 Å². The number of rotatable bonds is 4. The minimum Gasteiger partial charge on any atom is -0.469 e. The highest BCUT2D eigenvalue weighted by Crippen LogP contribution is 2.40. The predicted molar refractivity (Wildman–Crippen MR) is 98.0 cm³/mol. The summed E-state index contributed by atoms with van der Waals surface area (Å²) < 4.78 is 4.82. The quantitative estimate of drug-likeness (QED) is 0.770. The molecule has 1 heterocycles. The fraction of sp³-hybridized carbons (Fsp3) is 0.550. The lowest BCUT2D eigenvalue weighted by atomic mass is 9.93. The fourth-order valence-corrected chi connectivity index (χ4v) is 4.02. The van der Waals surface area contributed by atoms with E-state index in [1.807, 2.05) is 36.1 Å². The first-order chi connectivity index (χ1) is 12.5. The third-order valence-electron chi connectivity index (χ3n) is 5.48. The highest BCUT2D eigenvalue weighted by molar-refractivity contribution is 5.94. The second-order valence-electron chi connectivity index (χ2n) is 6.96. The topological polar surface area (TPSA) is 66.9 Å². The van der Waals surface area contributed by atoms with Gasteiger partial charge >= 0.3 is 5.97 Å². The molecule has 1 aromatic carbocycles. The second-order valence-corrected chi connectivity index (χ2v) is 6.96. The average molecular weight is 358 g/mol. The van der Waals surface area contributed by atoms with Crippen LogP contribution in [0, 0.1) is 5.92 Å². The number of carbonyl (C=O) groups is 3. The fourth-order valence-electron chi connectivity index (χ4n) is 4.02. The molecule has 1 saturated heterocycles. The molecule has 140 valence electrons. The number of ether oxygens (including phenoxy) is 1. The van der Waals surface area contributed by atoms with Crippen LogP contribution in [0.25, 0.3) is 0 Å². The lowest BCUT2D eigenvalue weighted by molar-refractivity contribution is -0.145. The molecular formula is C20H26N2O4. The number of piperazine rings is 1. The molecule has 2 atom stereocenters. The van der Waals surface area contributed by atoms with E-state index in [9.17, 15) is 14.4 Å². The number of benzene rings is 1. The van der Waals surface area contributed by atoms with Crippen LogP contribution in [0.15, 0.2) is 24.3 Å². The Labute approximate surface area is 154 Å². The van der Waals surface area contributed by atoms with Crippen LogP contribution in [-0.4, -0.2) is 55.8 Å². The van der Waals surface area contributed by atoms with Gasteiger partial charge in [-0.3, -0.25) is 14.4 Å². The molecule has 2 fully saturated rings. The number of anilines is 1. The van der Waals surface area contributed by atoms with Gasteiger partial charge in [0.2, 0.25) is 5.91 Å². The van der Waals surface area contributed by atoms with Crippen molar-refractivity contribution in [2.45, 2.75) is 32.1 Å². The van der Waals surface area contributed by atoms with Gasteiger partial charge in [0, 0.05) is 50.6 Å². The van der Waals surface area contributed by atoms with Crippen LogP contribution in [0.4, 0.5) is 5.69 Å². The minimum atomic E-state index is -0.343. The third kappa shape index (κ3) is 3.59. The van der Waals surface area contributed by atoms with Crippen molar-refractivity contribution in [2.75, 3.05) is 38.2 Å². The summed E-state index contributed by atoms with van der Waals surface area (Å²) >= 11 is 0. The van der Waals surface area contributed by atoms with Crippen molar-refractivity contribution in [1.29, 1.82) is 0 Å². The van der Waals surface area contributed by atoms with Crippen LogP contribution in [-0.2, 0) is 19.1 Å². The second kappa shape index (κ2) is 7.89. The molecule has 0 unspecified atom stereocenters. The summed E-state index contributed by atoms with van der Waals surface area (Å²) in [5.41, 5.74) is 2.03. The number of ketones is 1. The van der Waals surface area contributed by atoms with Crippen molar-refractivity contribution >= 4 is 23.3 Å². The summed E-state index contributed by atoms with van der Waals surface area (Å²) in [5, 5.41) is 0. The van der Waals surface area contributed by atoms with Gasteiger partial charge in [0.1, 0.15) is 5.78 Å². The molecule has 0 radical (unpaired) electrons. The highest BCUT2D eigenvalue weighted by Gasteiger charge is 2.39. The van der Waals surface area contributed by atoms with Gasteiger partial charge in [0.15, 0.2) is 0 Å². The lowest BCUT2D eigenvalue weighted by Gasteiger charge is -2.37. The van der Waals surface area contributed by atoms with Gasteiger partial charge in [-0.1, -0.05) is 25.1 Å². The molecule has 26 heavy (non-hydrogen) atoms. The van der Waals surface area contributed by atoms with Gasteiger partial charge in [-0.15, -0.1) is 0 Å². The molecule has 6 heteroatoms. The number of hydrogen-bond acceptors (Lipinski definition) is 5. The summed E-state index contributed by atoms with van der Waals surface area (Å²) in [6.07, 6.45) is 1.29. The maximum Gasteiger partial charge on any atom is 0.309 e. The molecule has 1 amide bonds. The largest absolute Gasteiger partial charge is 0.469 e. The van der Waals surface area contributed by atoms with Crippen molar-refractivity contribution in [3.05, 3.63) is 29.8 Å². The number of amides is 1. The zero-order chi connectivity index (χ0) is 18.7. The zero-order valence-electron chi connectivity index (χ0n) is 15.4. The van der Waals surface area contributed by atoms with E-state index in [0.29, 0.717) is 25.9 Å². The van der Waals surface area contributed by atoms with Crippen molar-refractivity contribution in [2.24, 2.45) is 5.92 Å². The van der Waals surface area contributed by atoms with Gasteiger partial charge < -0.3 is 14.5 Å². The van der Waals surface area contributed by atoms with Crippen LogP contribution in [0.2, 0.25) is 0 Å². The smallest absolute Gasteiger partial charge is 0.309 e. The Morgan fingerprint density at radius 3 is 2.50 bits per heavy atom. The third-order valence-corrected chi connectivity index (χ3v) is 5.48. The van der Waals surface area contributed by atoms with Crippen molar-refractivity contribution in [1.82, 2.24) is 4.90 Å². The Hall–Kier alpha value is -2.37. The van der Waals surface area contributed by atoms with E-state index >= 15 is 0 Å². The van der Waals surface area contributed by atoms with Crippen molar-refractivity contribution in [3.63, 3.8) is 0 Å². The van der Waals surface area contributed by atoms with Crippen LogP contribution in [0.1, 0.15) is 37.7 Å². The highest BCUT2D eigenvalue weighted by atomic mass is 16.5. The Kier molecular flexibility index (Phi) is 5.59. The van der Waals surface area contributed by atoms with E-state index < -0.39 is 0 Å². The number of carbonyl (C=O) groups excluding carboxylic acids is 3. The Morgan fingerprint density at radius 2 is 1.85 bits per heavy atom. The summed E-state index contributed by atoms with van der Waals surface area (Å²) in [6, 6.07) is 7.93. The summed E-state index contributed by atoms with van der Waals surface area (Å²) in [6.45, 7) is 4.79. The molecule has 0 N–H and O–H groups in total. The molecular weight excluding hydrogens is 332 g/mol. The molecule has 0 bridgehead atoms. The van der Waals surface area contributed by atoms with Gasteiger partial charge in [-0.2, -0.15) is 0 Å². The predicted octanol–water partition coefficient (Wildman–Crippen LogP) is 1.98. The average Bonchev–Trinajstić information content (AvgIpc) is 3.08. The number of hydrogen-bond donors (Lipinski definition) is 0. The molecule has 0 spiro atoms. The van der Waals surface area contributed by atoms with Crippen LogP contribution in [0.5, 0.6) is 0 Å². The van der Waals surface area contributed by atoms with E-state index in [1.165, 1.54) is 7.11 Å². The molecule has 1 aliphatic carbocycles. The zero-order valence-corrected chi connectivity index (χ0v) is 15.4. The first-order valence-electron chi connectivity index (χ1n) is 9.27. The standard InChI is InChI=1S/C20H26N2O4/c1-3-19(24)22-10-8-21(9-11-22)17-7-5-4-6-15(17)16-12-14(13-18(16)23)20(25)26-2/h4-7,14,16H,3,8-13H2,1-2H3/t14-,16-/m0/s1. The van der Waals surface area contributed by atoms with Crippen LogP contribution < -0.4 is 4.90 Å². The number of para-hydroxylation sites is 1. The number of Topliss-reactive ketones (excluding diaryl/α,β-unsaturated/α-hetero) is 1. The molecule has 2 aliphatic rings. The number of nitrogens with zero attached hydrogens (tertiary/aromatic N) is 2. The van der Waals surface area contributed by atoms with E-state index in [-0.39, 0.29) is 35.9 Å². The first-order valence-corrected chi connectivity index (χ1v) is 9.27. The van der Waals surface area contributed by atoms with Crippen molar-refractivity contribution in [3.8, 4) is 0 Å². The molecule has 6 nitrogen and oxygen atoms in total. The number of methoxy groups -OCH3 is 1. The first kappa shape index (κ1) is 18.4. The Morgan fingerprint density at radius 1 is 1.15 bits per heavy atom. The normalized spacial score (nSPS) is 23.2. The molecule has 1 saturated carbocycles. The molecule has 1 aromatic rings. The number of esters is 1. The SMILES string of the molecule is CCC(=O)N1CCN(c2ccccc2[C@@H]2C[C@H](C(=O)OC)CC2=O)CC1. The maximum atomic E-state index is 12.5. The van der Waals surface area contributed by atoms with Gasteiger partial charge in [-0.25, -0.2) is 0 Å². The van der Waals surface area contributed by atoms with Gasteiger partial charge in [0.25, 0.3) is 0 Å². The van der Waals surface area contributed by atoms with E-state index in [4.69, 9.17) is 4.74 Å². The maximum absolute atomic E-state index is 12.5. The van der Waals surface area contributed by atoms with E-state index in [1.54, 1.807) is 0 Å². The van der Waals surface area contributed by atoms with E-state index in [2.05, 4.69) is 4.90 Å². The summed E-state index contributed by atoms with van der Waals surface area (Å²) in [7, 11) is 1.37. The minimum absolute atomic E-state index is 0.104. The lowest BCUT2D eigenvalue weighted by Crippen LogP contribution is -2.49. The van der Waals surface area contributed by atoms with E-state index in [0.717, 1.165) is 24.3 Å². The Balaban J connectivity index is 1.76. The molecule has 0 aromatic heterocycles. The summed E-state index contributed by atoms with van der Waals surface area (Å²) in [5.74, 6) is -0.613. The van der Waals surface area contributed by atoms with Crippen molar-refractivity contribution < 1.29 is 19.1 Å².